The fourth-order valence-corrected chi connectivity index (χ4v) is 11.5. The molecule has 7 heteroatoms. The highest BCUT2D eigenvalue weighted by Gasteiger charge is 2.47. The van der Waals surface area contributed by atoms with E-state index in [-0.39, 0.29) is 0 Å². The van der Waals surface area contributed by atoms with E-state index in [1.807, 2.05) is 12.1 Å². The summed E-state index contributed by atoms with van der Waals surface area (Å²) >= 11 is 0. The molecule has 2 N–H and O–H groups in total. The highest BCUT2D eigenvalue weighted by Crippen LogP contribution is 2.44. The number of hydrogen-bond donors (Lipinski definition) is 2. The molecule has 6 nitrogen and oxygen atoms in total. The number of methoxy groups -OCH3 is 1. The molecule has 2 heterocycles. The maximum atomic E-state index is 11.2. The van der Waals surface area contributed by atoms with E-state index in [1.54, 1.807) is 19.4 Å². The van der Waals surface area contributed by atoms with E-state index in [9.17, 15) is 10.2 Å². The first-order valence-electron chi connectivity index (χ1n) is 13.9. The van der Waals surface area contributed by atoms with Crippen molar-refractivity contribution in [2.45, 2.75) is 96.1 Å². The van der Waals surface area contributed by atoms with Crippen LogP contribution < -0.4 is 9.16 Å². The van der Waals surface area contributed by atoms with Gasteiger partial charge in [-0.1, -0.05) is 54.5 Å². The average Bonchev–Trinajstić information content (AvgIpc) is 2.88. The number of aryl methyl sites for hydroxylation is 1. The van der Waals surface area contributed by atoms with E-state index in [4.69, 9.17) is 9.16 Å². The molecule has 1 saturated heterocycles. The topological polar surface area (TPSA) is 75.1 Å². The zero-order valence-electron chi connectivity index (χ0n) is 24.1. The van der Waals surface area contributed by atoms with Crippen molar-refractivity contribution in [1.82, 2.24) is 9.88 Å². The minimum atomic E-state index is -2.05. The molecule has 1 fully saturated rings. The quantitative estimate of drug-likeness (QED) is 0.337. The number of ether oxygens (including phenoxy) is 1. The number of benzene rings is 1. The van der Waals surface area contributed by atoms with Gasteiger partial charge in [0, 0.05) is 37.5 Å². The number of hydrogen-bond acceptors (Lipinski definition) is 6. The SMILES string of the molecule is CCc1cc(C(O)CN2CCC(O)(c3ccc(OC)nc3)CC2)ccc1O[Si](C(C)C)(C(C)C)C(C)C. The standard InChI is InChI=1S/C30H48N2O4Si/c1-9-24-18-25(10-12-28(24)36-37(21(2)3,22(4)5)23(6)7)27(33)20-32-16-14-30(34,15-17-32)26-11-13-29(35-8)31-19-26/h10-13,18-19,21-23,27,33-34H,9,14-17,20H2,1-8H3. The maximum absolute atomic E-state index is 11.2. The van der Waals surface area contributed by atoms with E-state index in [2.05, 4.69) is 70.5 Å². The number of nitrogens with zero attached hydrogens (tertiary/aromatic N) is 2. The van der Waals surface area contributed by atoms with Crippen LogP contribution >= 0.6 is 0 Å². The van der Waals surface area contributed by atoms with Crippen LogP contribution in [0.2, 0.25) is 16.6 Å². The van der Waals surface area contributed by atoms with Crippen LogP contribution in [0.15, 0.2) is 36.5 Å². The summed E-state index contributed by atoms with van der Waals surface area (Å²) in [6, 6.07) is 9.92. The Kier molecular flexibility index (Phi) is 9.83. The van der Waals surface area contributed by atoms with Crippen molar-refractivity contribution in [3.63, 3.8) is 0 Å². The van der Waals surface area contributed by atoms with E-state index in [0.29, 0.717) is 55.0 Å². The lowest BCUT2D eigenvalue weighted by molar-refractivity contribution is -0.0347. The molecule has 1 atom stereocenters. The molecule has 0 spiro atoms. The normalized spacial score (nSPS) is 17.4. The first-order chi connectivity index (χ1) is 17.5. The van der Waals surface area contributed by atoms with Gasteiger partial charge >= 0.3 is 0 Å². The Morgan fingerprint density at radius 1 is 1.00 bits per heavy atom. The van der Waals surface area contributed by atoms with Gasteiger partial charge in [-0.05, 0) is 65.2 Å². The molecule has 2 aromatic rings. The van der Waals surface area contributed by atoms with E-state index in [0.717, 1.165) is 28.9 Å². The Morgan fingerprint density at radius 3 is 2.11 bits per heavy atom. The first-order valence-corrected chi connectivity index (χ1v) is 16.1. The summed E-state index contributed by atoms with van der Waals surface area (Å²) in [5.74, 6) is 1.53. The number of aliphatic hydroxyl groups excluding tert-OH is 1. The second-order valence-electron chi connectivity index (χ2n) is 11.6. The number of pyridine rings is 1. The zero-order chi connectivity index (χ0) is 27.4. The molecule has 0 saturated carbocycles. The van der Waals surface area contributed by atoms with Crippen LogP contribution in [0.4, 0.5) is 0 Å². The van der Waals surface area contributed by atoms with Crippen LogP contribution in [0.25, 0.3) is 0 Å². The minimum Gasteiger partial charge on any atom is -0.543 e. The van der Waals surface area contributed by atoms with Gasteiger partial charge in [-0.25, -0.2) is 4.98 Å². The van der Waals surface area contributed by atoms with Crippen LogP contribution in [0, 0.1) is 0 Å². The highest BCUT2D eigenvalue weighted by atomic mass is 28.4. The molecule has 0 aliphatic carbocycles. The van der Waals surface area contributed by atoms with Crippen molar-refractivity contribution in [3.8, 4) is 11.6 Å². The van der Waals surface area contributed by atoms with Crippen molar-refractivity contribution < 1.29 is 19.4 Å². The van der Waals surface area contributed by atoms with Crippen LogP contribution in [-0.2, 0) is 12.0 Å². The van der Waals surface area contributed by atoms with Gasteiger partial charge in [0.15, 0.2) is 0 Å². The predicted octanol–water partition coefficient (Wildman–Crippen LogP) is 6.22. The van der Waals surface area contributed by atoms with Crippen LogP contribution in [-0.4, -0.2) is 55.2 Å². The average molecular weight is 529 g/mol. The molecule has 1 aromatic carbocycles. The van der Waals surface area contributed by atoms with Crippen LogP contribution in [0.3, 0.4) is 0 Å². The summed E-state index contributed by atoms with van der Waals surface area (Å²) in [5, 5.41) is 22.3. The molecule has 0 radical (unpaired) electrons. The third-order valence-electron chi connectivity index (χ3n) is 8.44. The van der Waals surface area contributed by atoms with Crippen LogP contribution in [0.1, 0.15) is 84.1 Å². The summed E-state index contributed by atoms with van der Waals surface area (Å²) in [4.78, 5) is 6.49. The van der Waals surface area contributed by atoms with E-state index >= 15 is 0 Å². The Morgan fingerprint density at radius 2 is 1.62 bits per heavy atom. The van der Waals surface area contributed by atoms with E-state index < -0.39 is 20.0 Å². The molecule has 1 unspecified atom stereocenters. The smallest absolute Gasteiger partial charge is 0.258 e. The summed E-state index contributed by atoms with van der Waals surface area (Å²) in [7, 11) is -0.463. The molecular formula is C30H48N2O4Si. The molecule has 1 aliphatic heterocycles. The predicted molar refractivity (Wildman–Crippen MR) is 153 cm³/mol. The third-order valence-corrected chi connectivity index (χ3v) is 14.4. The maximum Gasteiger partial charge on any atom is 0.258 e. The summed E-state index contributed by atoms with van der Waals surface area (Å²) in [5.41, 5.74) is 3.54. The molecular weight excluding hydrogens is 480 g/mol. The summed E-state index contributed by atoms with van der Waals surface area (Å²) in [6.07, 6.45) is 3.19. The number of aliphatic hydroxyl groups is 2. The number of β-amino-alcohol motifs (C(OH)–C–C–N with tert-alkyl or cyclic N) is 1. The van der Waals surface area contributed by atoms with Crippen molar-refractivity contribution in [1.29, 1.82) is 0 Å². The molecule has 1 aromatic heterocycles. The molecule has 1 aliphatic rings. The fourth-order valence-electron chi connectivity index (χ4n) is 6.25. The van der Waals surface area contributed by atoms with Crippen molar-refractivity contribution in [3.05, 3.63) is 53.2 Å². The lowest BCUT2D eigenvalue weighted by atomic mass is 9.85. The van der Waals surface area contributed by atoms with Gasteiger partial charge in [-0.3, -0.25) is 0 Å². The first kappa shape index (κ1) is 29.6. The van der Waals surface area contributed by atoms with Gasteiger partial charge in [-0.15, -0.1) is 0 Å². The highest BCUT2D eigenvalue weighted by molar-refractivity contribution is 6.78. The molecule has 206 valence electrons. The van der Waals surface area contributed by atoms with Gasteiger partial charge in [0.2, 0.25) is 5.88 Å². The molecule has 0 bridgehead atoms. The van der Waals surface area contributed by atoms with Gasteiger partial charge in [-0.2, -0.15) is 0 Å². The minimum absolute atomic E-state index is 0.508. The van der Waals surface area contributed by atoms with Crippen LogP contribution in [0.5, 0.6) is 11.6 Å². The van der Waals surface area contributed by atoms with Gasteiger partial charge in [0.1, 0.15) is 5.75 Å². The molecule has 3 rings (SSSR count). The van der Waals surface area contributed by atoms with Gasteiger partial charge < -0.3 is 24.3 Å². The molecule has 0 amide bonds. The largest absolute Gasteiger partial charge is 0.543 e. The number of piperidine rings is 1. The Balaban J connectivity index is 1.68. The summed E-state index contributed by atoms with van der Waals surface area (Å²) < 4.78 is 12.1. The second-order valence-corrected chi connectivity index (χ2v) is 17.0. The molecule has 37 heavy (non-hydrogen) atoms. The number of likely N-dealkylation sites (tertiary alicyclic amines) is 1. The number of aromatic nitrogens is 1. The monoisotopic (exact) mass is 528 g/mol. The van der Waals surface area contributed by atoms with Crippen molar-refractivity contribution in [2.24, 2.45) is 0 Å². The van der Waals surface area contributed by atoms with Crippen molar-refractivity contribution >= 4 is 8.32 Å². The van der Waals surface area contributed by atoms with E-state index in [1.165, 1.54) is 0 Å². The Hall–Kier alpha value is -1.93. The zero-order valence-corrected chi connectivity index (χ0v) is 25.1. The summed E-state index contributed by atoms with van der Waals surface area (Å²) in [6.45, 7) is 18.0. The van der Waals surface area contributed by atoms with Gasteiger partial charge in [0.25, 0.3) is 8.32 Å². The Labute approximate surface area is 225 Å². The fraction of sp³-hybridized carbons (Fsp3) is 0.633. The second kappa shape index (κ2) is 12.3. The lowest BCUT2D eigenvalue weighted by Gasteiger charge is -2.42. The Bertz CT molecular complexity index is 979. The number of rotatable bonds is 11. The lowest BCUT2D eigenvalue weighted by Crippen LogP contribution is -2.50. The van der Waals surface area contributed by atoms with Gasteiger partial charge in [0.05, 0.1) is 18.8 Å². The van der Waals surface area contributed by atoms with Crippen molar-refractivity contribution in [2.75, 3.05) is 26.7 Å². The third kappa shape index (κ3) is 6.39.